The van der Waals surface area contributed by atoms with Crippen molar-refractivity contribution in [1.29, 1.82) is 0 Å². The fourth-order valence-corrected chi connectivity index (χ4v) is 1.83. The summed E-state index contributed by atoms with van der Waals surface area (Å²) in [4.78, 5) is 11.5. The van der Waals surface area contributed by atoms with Crippen molar-refractivity contribution in [2.24, 2.45) is 0 Å². The Balaban J connectivity index is 3.14. The number of hydrogen-bond acceptors (Lipinski definition) is 1. The van der Waals surface area contributed by atoms with Crippen LogP contribution in [0.3, 0.4) is 0 Å². The van der Waals surface area contributed by atoms with Gasteiger partial charge in [-0.15, -0.1) is 11.6 Å². The number of carbonyl (C=O) groups is 1. The van der Waals surface area contributed by atoms with E-state index in [-0.39, 0.29) is 11.7 Å². The summed E-state index contributed by atoms with van der Waals surface area (Å²) in [5.74, 6) is -0.0530. The maximum absolute atomic E-state index is 11.5. The number of allylic oxidation sites excluding steroid dienone is 1. The van der Waals surface area contributed by atoms with E-state index in [2.05, 4.69) is 6.58 Å². The molecule has 0 aliphatic rings. The van der Waals surface area contributed by atoms with Crippen molar-refractivity contribution in [3.8, 4) is 0 Å². The highest BCUT2D eigenvalue weighted by Gasteiger charge is 2.14. The average molecular weight is 246 g/mol. The summed E-state index contributed by atoms with van der Waals surface area (Å²) in [7, 11) is 0. The van der Waals surface area contributed by atoms with Gasteiger partial charge in [0.05, 0.1) is 12.4 Å². The zero-order chi connectivity index (χ0) is 11.6. The largest absolute Gasteiger partial charge is 0.343 e. The smallest absolute Gasteiger partial charge is 0.179 e. The van der Waals surface area contributed by atoms with Gasteiger partial charge >= 0.3 is 0 Å². The molecule has 15 heavy (non-hydrogen) atoms. The minimum absolute atomic E-state index is 0.00607. The normalized spacial score (nSPS) is 10.4. The molecule has 0 saturated carbocycles. The first-order valence-electron chi connectivity index (χ1n) is 4.56. The summed E-state index contributed by atoms with van der Waals surface area (Å²) in [6.45, 7) is 7.97. The highest BCUT2D eigenvalue weighted by atomic mass is 35.5. The number of halogens is 2. The van der Waals surface area contributed by atoms with Crippen LogP contribution in [0.1, 0.15) is 21.7 Å². The molecular weight excluding hydrogens is 233 g/mol. The summed E-state index contributed by atoms with van der Waals surface area (Å²) >= 11 is 11.3. The third kappa shape index (κ3) is 2.64. The van der Waals surface area contributed by atoms with Crippen molar-refractivity contribution in [3.63, 3.8) is 0 Å². The Kier molecular flexibility index (Phi) is 4.00. The van der Waals surface area contributed by atoms with Gasteiger partial charge < -0.3 is 4.57 Å². The monoisotopic (exact) mass is 245 g/mol. The van der Waals surface area contributed by atoms with Crippen molar-refractivity contribution < 1.29 is 4.79 Å². The molecule has 0 saturated heterocycles. The van der Waals surface area contributed by atoms with Crippen LogP contribution in [0.4, 0.5) is 0 Å². The van der Waals surface area contributed by atoms with Gasteiger partial charge in [-0.25, -0.2) is 0 Å². The van der Waals surface area contributed by atoms with Crippen LogP contribution in [-0.2, 0) is 6.54 Å². The number of Topliss-reactive ketones (excluding diaryl/α,β-unsaturated/α-hetero) is 1. The maximum atomic E-state index is 11.5. The molecule has 0 aliphatic carbocycles. The van der Waals surface area contributed by atoms with E-state index < -0.39 is 0 Å². The lowest BCUT2D eigenvalue weighted by Crippen LogP contribution is -2.05. The van der Waals surface area contributed by atoms with Crippen LogP contribution in [0, 0.1) is 13.8 Å². The van der Waals surface area contributed by atoms with E-state index in [0.717, 1.165) is 11.4 Å². The van der Waals surface area contributed by atoms with Gasteiger partial charge in [0.25, 0.3) is 0 Å². The Bertz CT molecular complexity index is 407. The molecule has 0 aromatic carbocycles. The van der Waals surface area contributed by atoms with E-state index in [1.807, 2.05) is 24.5 Å². The van der Waals surface area contributed by atoms with E-state index in [1.54, 1.807) is 0 Å². The second-order valence-electron chi connectivity index (χ2n) is 3.45. The summed E-state index contributed by atoms with van der Waals surface area (Å²) in [6, 6.07) is 1.83. The van der Waals surface area contributed by atoms with Crippen LogP contribution in [0.25, 0.3) is 0 Å². The van der Waals surface area contributed by atoms with Gasteiger partial charge in [0.2, 0.25) is 0 Å². The number of alkyl halides is 1. The molecule has 1 aromatic rings. The molecule has 2 nitrogen and oxygen atoms in total. The quantitative estimate of drug-likeness (QED) is 0.590. The van der Waals surface area contributed by atoms with E-state index in [9.17, 15) is 4.79 Å². The summed E-state index contributed by atoms with van der Waals surface area (Å²) in [6.07, 6.45) is 0. The molecule has 1 rings (SSSR count). The van der Waals surface area contributed by atoms with Gasteiger partial charge in [-0.1, -0.05) is 18.2 Å². The topological polar surface area (TPSA) is 22.0 Å². The highest BCUT2D eigenvalue weighted by Crippen LogP contribution is 2.18. The van der Waals surface area contributed by atoms with E-state index in [4.69, 9.17) is 23.2 Å². The Morgan fingerprint density at radius 3 is 2.60 bits per heavy atom. The molecule has 4 heteroatoms. The number of aryl methyl sites for hydroxylation is 1. The molecule has 82 valence electrons. The van der Waals surface area contributed by atoms with Crippen LogP contribution in [0.5, 0.6) is 0 Å². The highest BCUT2D eigenvalue weighted by molar-refractivity contribution is 6.30. The first kappa shape index (κ1) is 12.3. The standard InChI is InChI=1S/C11H13Cl2NO/c1-7(13)6-14-8(2)4-10(9(14)3)11(15)5-12/h4H,1,5-6H2,2-3H3. The third-order valence-electron chi connectivity index (χ3n) is 2.33. The van der Waals surface area contributed by atoms with Gasteiger partial charge in [-0.05, 0) is 19.9 Å². The van der Waals surface area contributed by atoms with Crippen molar-refractivity contribution in [1.82, 2.24) is 4.57 Å². The van der Waals surface area contributed by atoms with Gasteiger partial charge in [0, 0.05) is 22.0 Å². The third-order valence-corrected chi connectivity index (χ3v) is 2.69. The van der Waals surface area contributed by atoms with E-state index in [0.29, 0.717) is 17.1 Å². The fraction of sp³-hybridized carbons (Fsp3) is 0.364. The molecule has 1 heterocycles. The summed E-state index contributed by atoms with van der Waals surface area (Å²) < 4.78 is 1.95. The Morgan fingerprint density at radius 1 is 1.53 bits per heavy atom. The first-order chi connectivity index (χ1) is 6.97. The van der Waals surface area contributed by atoms with Gasteiger partial charge in [-0.3, -0.25) is 4.79 Å². The van der Waals surface area contributed by atoms with Crippen molar-refractivity contribution in [2.75, 3.05) is 5.88 Å². The molecular formula is C11H13Cl2NO. The number of nitrogens with zero attached hydrogens (tertiary/aromatic N) is 1. The molecule has 0 N–H and O–H groups in total. The fourth-order valence-electron chi connectivity index (χ4n) is 1.57. The van der Waals surface area contributed by atoms with E-state index >= 15 is 0 Å². The lowest BCUT2D eigenvalue weighted by atomic mass is 10.2. The minimum Gasteiger partial charge on any atom is -0.343 e. The number of carbonyl (C=O) groups excluding carboxylic acids is 1. The van der Waals surface area contributed by atoms with Crippen LogP contribution in [0.2, 0.25) is 0 Å². The van der Waals surface area contributed by atoms with Crippen LogP contribution < -0.4 is 0 Å². The van der Waals surface area contributed by atoms with Crippen LogP contribution >= 0.6 is 23.2 Å². The number of hydrogen-bond donors (Lipinski definition) is 0. The SMILES string of the molecule is C=C(Cl)Cn1c(C)cc(C(=O)CCl)c1C. The molecule has 0 bridgehead atoms. The van der Waals surface area contributed by atoms with Crippen molar-refractivity contribution >= 4 is 29.0 Å². The average Bonchev–Trinajstić information content (AvgIpc) is 2.44. The molecule has 0 radical (unpaired) electrons. The second-order valence-corrected chi connectivity index (χ2v) is 4.25. The molecule has 0 spiro atoms. The van der Waals surface area contributed by atoms with Gasteiger partial charge in [-0.2, -0.15) is 0 Å². The number of aromatic nitrogens is 1. The molecule has 0 fully saturated rings. The zero-order valence-corrected chi connectivity index (χ0v) is 10.3. The lowest BCUT2D eigenvalue weighted by Gasteiger charge is -2.07. The molecule has 0 aliphatic heterocycles. The maximum Gasteiger partial charge on any atom is 0.179 e. The predicted molar refractivity (Wildman–Crippen MR) is 63.9 cm³/mol. The lowest BCUT2D eigenvalue weighted by molar-refractivity contribution is 0.102. The zero-order valence-electron chi connectivity index (χ0n) is 8.81. The Hall–Kier alpha value is -0.730. The van der Waals surface area contributed by atoms with Crippen LogP contribution in [0.15, 0.2) is 17.7 Å². The Labute approximate surface area is 99.5 Å². The second kappa shape index (κ2) is 4.86. The first-order valence-corrected chi connectivity index (χ1v) is 5.47. The Morgan fingerprint density at radius 2 is 2.13 bits per heavy atom. The summed E-state index contributed by atoms with van der Waals surface area (Å²) in [5.41, 5.74) is 2.54. The van der Waals surface area contributed by atoms with Crippen LogP contribution in [-0.4, -0.2) is 16.2 Å². The number of rotatable bonds is 4. The van der Waals surface area contributed by atoms with E-state index in [1.165, 1.54) is 0 Å². The minimum atomic E-state index is -0.0591. The summed E-state index contributed by atoms with van der Waals surface area (Å²) in [5, 5.41) is 0.543. The van der Waals surface area contributed by atoms with Crippen molar-refractivity contribution in [2.45, 2.75) is 20.4 Å². The molecule has 0 unspecified atom stereocenters. The van der Waals surface area contributed by atoms with Gasteiger partial charge in [0.15, 0.2) is 5.78 Å². The molecule has 0 amide bonds. The van der Waals surface area contributed by atoms with Crippen molar-refractivity contribution in [3.05, 3.63) is 34.6 Å². The molecule has 0 atom stereocenters. The molecule has 1 aromatic heterocycles. The number of ketones is 1. The predicted octanol–water partition coefficient (Wildman–Crippen LogP) is 3.28. The van der Waals surface area contributed by atoms with Gasteiger partial charge in [0.1, 0.15) is 0 Å².